The van der Waals surface area contributed by atoms with Crippen LogP contribution in [0.1, 0.15) is 23.8 Å². The summed E-state index contributed by atoms with van der Waals surface area (Å²) in [7, 11) is 1.67. The smallest absolute Gasteiger partial charge is 0.223 e. The minimum Gasteiger partial charge on any atom is -0.496 e. The number of hydrogen-bond donors (Lipinski definition) is 1. The molecule has 2 heterocycles. The Balaban J connectivity index is 0.00000225. The molecule has 148 valence electrons. The lowest BCUT2D eigenvalue weighted by Gasteiger charge is -2.37. The Morgan fingerprint density at radius 3 is 2.82 bits per heavy atom. The van der Waals surface area contributed by atoms with E-state index in [2.05, 4.69) is 5.32 Å². The number of rotatable bonds is 5. The van der Waals surface area contributed by atoms with Crippen LogP contribution in [0, 0.1) is 0 Å². The number of amides is 1. The first kappa shape index (κ1) is 20.2. The van der Waals surface area contributed by atoms with Gasteiger partial charge in [-0.15, -0.1) is 12.4 Å². The molecule has 28 heavy (non-hydrogen) atoms. The van der Waals surface area contributed by atoms with Crippen molar-refractivity contribution >= 4 is 29.3 Å². The second kappa shape index (κ2) is 9.13. The minimum atomic E-state index is -0.0157. The Hall–Kier alpha value is -2.50. The highest BCUT2D eigenvalue weighted by Crippen LogP contribution is 2.31. The molecule has 1 saturated heterocycles. The maximum absolute atomic E-state index is 13.0. The average Bonchev–Trinajstić information content (AvgIpc) is 3.15. The highest BCUT2D eigenvalue weighted by atomic mass is 35.5. The van der Waals surface area contributed by atoms with Crippen molar-refractivity contribution < 1.29 is 13.9 Å². The number of hydrogen-bond acceptors (Lipinski definition) is 4. The van der Waals surface area contributed by atoms with E-state index in [9.17, 15) is 4.79 Å². The van der Waals surface area contributed by atoms with Crippen LogP contribution in [0.3, 0.4) is 0 Å². The number of nitrogens with zero attached hydrogens (tertiary/aromatic N) is 1. The van der Waals surface area contributed by atoms with Crippen molar-refractivity contribution in [3.63, 3.8) is 0 Å². The molecule has 1 aliphatic heterocycles. The van der Waals surface area contributed by atoms with Crippen LogP contribution in [-0.4, -0.2) is 37.6 Å². The van der Waals surface area contributed by atoms with E-state index in [1.54, 1.807) is 7.11 Å². The second-order valence-corrected chi connectivity index (χ2v) is 6.80. The lowest BCUT2D eigenvalue weighted by Crippen LogP contribution is -2.48. The summed E-state index contributed by atoms with van der Waals surface area (Å²) in [6.07, 6.45) is 1.04. The fourth-order valence-electron chi connectivity index (χ4n) is 3.76. The quantitative estimate of drug-likeness (QED) is 0.704. The van der Waals surface area contributed by atoms with Gasteiger partial charge < -0.3 is 19.4 Å². The van der Waals surface area contributed by atoms with Crippen molar-refractivity contribution in [1.29, 1.82) is 0 Å². The maximum atomic E-state index is 13.0. The van der Waals surface area contributed by atoms with Crippen LogP contribution in [-0.2, 0) is 11.2 Å². The molecule has 1 amide bonds. The number of fused-ring (bicyclic) bond motifs is 1. The van der Waals surface area contributed by atoms with Gasteiger partial charge in [-0.3, -0.25) is 4.79 Å². The summed E-state index contributed by atoms with van der Waals surface area (Å²) in [6, 6.07) is 17.9. The zero-order valence-corrected chi connectivity index (χ0v) is 16.7. The summed E-state index contributed by atoms with van der Waals surface area (Å²) in [5, 5.41) is 4.47. The number of carbonyl (C=O) groups excluding carboxylic acids is 1. The van der Waals surface area contributed by atoms with E-state index in [0.717, 1.165) is 41.1 Å². The van der Waals surface area contributed by atoms with Crippen molar-refractivity contribution in [2.24, 2.45) is 0 Å². The van der Waals surface area contributed by atoms with Gasteiger partial charge in [0, 0.05) is 43.4 Å². The van der Waals surface area contributed by atoms with Crippen LogP contribution in [0.5, 0.6) is 5.75 Å². The number of piperazine rings is 1. The third-order valence-electron chi connectivity index (χ3n) is 5.12. The molecule has 1 aromatic heterocycles. The molecular weight excluding hydrogens is 376 g/mol. The Bertz CT molecular complexity index is 907. The van der Waals surface area contributed by atoms with Gasteiger partial charge in [-0.05, 0) is 18.2 Å². The van der Waals surface area contributed by atoms with Crippen molar-refractivity contribution in [1.82, 2.24) is 10.2 Å². The fourth-order valence-corrected chi connectivity index (χ4v) is 3.76. The highest BCUT2D eigenvalue weighted by Gasteiger charge is 2.29. The third-order valence-corrected chi connectivity index (χ3v) is 5.12. The van der Waals surface area contributed by atoms with E-state index < -0.39 is 0 Å². The summed E-state index contributed by atoms with van der Waals surface area (Å²) in [4.78, 5) is 15.0. The monoisotopic (exact) mass is 400 g/mol. The topological polar surface area (TPSA) is 54.7 Å². The van der Waals surface area contributed by atoms with Gasteiger partial charge in [0.15, 0.2) is 0 Å². The Kier molecular flexibility index (Phi) is 6.60. The summed E-state index contributed by atoms with van der Waals surface area (Å²) < 4.78 is 11.4. The Labute approximate surface area is 171 Å². The first-order valence-corrected chi connectivity index (χ1v) is 9.37. The van der Waals surface area contributed by atoms with Gasteiger partial charge in [-0.1, -0.05) is 36.4 Å². The average molecular weight is 401 g/mol. The molecule has 4 rings (SSSR count). The first-order chi connectivity index (χ1) is 13.3. The normalized spacial score (nSPS) is 16.6. The zero-order valence-electron chi connectivity index (χ0n) is 15.9. The van der Waals surface area contributed by atoms with Gasteiger partial charge in [0.25, 0.3) is 0 Å². The summed E-state index contributed by atoms with van der Waals surface area (Å²) >= 11 is 0. The van der Waals surface area contributed by atoms with E-state index in [1.807, 2.05) is 59.5 Å². The van der Waals surface area contributed by atoms with Crippen LogP contribution >= 0.6 is 12.4 Å². The molecule has 1 aliphatic rings. The number of halogens is 1. The minimum absolute atomic E-state index is 0. The molecule has 0 radical (unpaired) electrons. The van der Waals surface area contributed by atoms with Crippen molar-refractivity contribution in [2.75, 3.05) is 26.7 Å². The van der Waals surface area contributed by atoms with E-state index in [0.29, 0.717) is 19.4 Å². The van der Waals surface area contributed by atoms with Crippen LogP contribution in [0.15, 0.2) is 59.0 Å². The summed E-state index contributed by atoms with van der Waals surface area (Å²) in [6.45, 7) is 2.24. The molecule has 1 atom stereocenters. The van der Waals surface area contributed by atoms with Crippen LogP contribution < -0.4 is 10.1 Å². The van der Waals surface area contributed by atoms with Crippen LogP contribution in [0.4, 0.5) is 0 Å². The van der Waals surface area contributed by atoms with Gasteiger partial charge in [0.05, 0.1) is 13.2 Å². The molecule has 5 nitrogen and oxygen atoms in total. The molecule has 6 heteroatoms. The van der Waals surface area contributed by atoms with Crippen molar-refractivity contribution in [3.8, 4) is 5.75 Å². The molecule has 0 saturated carbocycles. The molecule has 0 spiro atoms. The van der Waals surface area contributed by atoms with E-state index in [4.69, 9.17) is 9.15 Å². The lowest BCUT2D eigenvalue weighted by atomic mass is 10.0. The van der Waals surface area contributed by atoms with Gasteiger partial charge >= 0.3 is 0 Å². The van der Waals surface area contributed by atoms with Crippen molar-refractivity contribution in [3.05, 3.63) is 65.9 Å². The van der Waals surface area contributed by atoms with E-state index in [-0.39, 0.29) is 24.4 Å². The van der Waals surface area contributed by atoms with Gasteiger partial charge in [-0.2, -0.15) is 0 Å². The summed E-state index contributed by atoms with van der Waals surface area (Å²) in [5.74, 6) is 1.82. The van der Waals surface area contributed by atoms with Crippen molar-refractivity contribution in [2.45, 2.75) is 18.9 Å². The number of carbonyl (C=O) groups is 1. The largest absolute Gasteiger partial charge is 0.496 e. The van der Waals surface area contributed by atoms with E-state index in [1.165, 1.54) is 0 Å². The summed E-state index contributed by atoms with van der Waals surface area (Å²) in [5.41, 5.74) is 1.92. The molecule has 2 aromatic carbocycles. The zero-order chi connectivity index (χ0) is 18.6. The molecule has 3 aromatic rings. The molecule has 0 aliphatic carbocycles. The van der Waals surface area contributed by atoms with Gasteiger partial charge in [0.1, 0.15) is 17.1 Å². The molecule has 1 unspecified atom stereocenters. The second-order valence-electron chi connectivity index (χ2n) is 6.80. The van der Waals surface area contributed by atoms with Crippen LogP contribution in [0.2, 0.25) is 0 Å². The SMILES string of the molecule is COc1ccccc1C1CNCCN1C(=O)CCc1cc2ccccc2o1.Cl. The number of benzene rings is 2. The number of aryl methyl sites for hydroxylation is 1. The number of ether oxygens (including phenoxy) is 1. The number of furan rings is 1. The molecule has 1 fully saturated rings. The number of methoxy groups -OCH3 is 1. The fraction of sp³-hybridized carbons (Fsp3) is 0.318. The highest BCUT2D eigenvalue weighted by molar-refractivity contribution is 5.85. The standard InChI is InChI=1S/C22H24N2O3.ClH/c1-26-21-9-5-3-7-18(21)19-15-23-12-13-24(19)22(25)11-10-17-14-16-6-2-4-8-20(16)27-17;/h2-9,14,19,23H,10-13,15H2,1H3;1H. The molecule has 1 N–H and O–H groups in total. The van der Waals surface area contributed by atoms with Crippen LogP contribution in [0.25, 0.3) is 11.0 Å². The lowest BCUT2D eigenvalue weighted by molar-refractivity contribution is -0.134. The third kappa shape index (κ3) is 4.16. The Morgan fingerprint density at radius 2 is 2.00 bits per heavy atom. The number of nitrogens with one attached hydrogen (secondary N) is 1. The predicted molar refractivity (Wildman–Crippen MR) is 112 cm³/mol. The van der Waals surface area contributed by atoms with Gasteiger partial charge in [-0.25, -0.2) is 0 Å². The molecule has 0 bridgehead atoms. The predicted octanol–water partition coefficient (Wildman–Crippen LogP) is 3.97. The van der Waals surface area contributed by atoms with E-state index >= 15 is 0 Å². The Morgan fingerprint density at radius 1 is 1.21 bits per heavy atom. The maximum Gasteiger partial charge on any atom is 0.223 e. The number of para-hydroxylation sites is 2. The first-order valence-electron chi connectivity index (χ1n) is 9.37. The van der Waals surface area contributed by atoms with Gasteiger partial charge in [0.2, 0.25) is 5.91 Å². The molecular formula is C22H25ClN2O3.